The molecule has 1 N–H and O–H groups in total. The summed E-state index contributed by atoms with van der Waals surface area (Å²) in [7, 11) is 1.94. The Bertz CT molecular complexity index is 384. The topological polar surface area (TPSA) is 24.5 Å². The van der Waals surface area contributed by atoms with Gasteiger partial charge in [-0.25, -0.2) is 0 Å². The first-order valence-electron chi connectivity index (χ1n) is 6.00. The van der Waals surface area contributed by atoms with E-state index in [-0.39, 0.29) is 6.10 Å². The van der Waals surface area contributed by atoms with Crippen LogP contribution in [0.25, 0.3) is 0 Å². The number of hydrogen-bond acceptors (Lipinski definition) is 3. The van der Waals surface area contributed by atoms with Crippen LogP contribution in [-0.4, -0.2) is 32.8 Å². The maximum absolute atomic E-state index is 6.34. The number of rotatable bonds is 3. The monoisotopic (exact) mass is 254 g/mol. The summed E-state index contributed by atoms with van der Waals surface area (Å²) in [6.45, 7) is 5.53. The van der Waals surface area contributed by atoms with Gasteiger partial charge in [-0.1, -0.05) is 17.7 Å². The summed E-state index contributed by atoms with van der Waals surface area (Å²) < 4.78 is 5.54. The van der Waals surface area contributed by atoms with Crippen molar-refractivity contribution >= 4 is 17.3 Å². The molecule has 1 unspecified atom stereocenters. The molecule has 0 radical (unpaired) electrons. The number of ether oxygens (including phenoxy) is 1. The predicted octanol–water partition coefficient (Wildman–Crippen LogP) is 2.28. The number of benzene rings is 1. The fourth-order valence-corrected chi connectivity index (χ4v) is 2.48. The lowest BCUT2D eigenvalue weighted by Gasteiger charge is -2.33. The number of halogens is 1. The third-order valence-corrected chi connectivity index (χ3v) is 3.28. The van der Waals surface area contributed by atoms with E-state index in [0.717, 1.165) is 37.0 Å². The molecule has 0 aliphatic carbocycles. The number of nitrogens with one attached hydrogen (secondary N) is 1. The van der Waals surface area contributed by atoms with Crippen molar-refractivity contribution in [2.24, 2.45) is 0 Å². The second-order valence-corrected chi connectivity index (χ2v) is 4.85. The van der Waals surface area contributed by atoms with Crippen LogP contribution < -0.4 is 10.2 Å². The second-order valence-electron chi connectivity index (χ2n) is 4.44. The molecule has 1 aliphatic heterocycles. The van der Waals surface area contributed by atoms with Crippen molar-refractivity contribution in [3.05, 3.63) is 28.8 Å². The first-order chi connectivity index (χ1) is 8.20. The lowest BCUT2D eigenvalue weighted by Crippen LogP contribution is -2.41. The van der Waals surface area contributed by atoms with Gasteiger partial charge in [-0.3, -0.25) is 0 Å². The highest BCUT2D eigenvalue weighted by Crippen LogP contribution is 2.28. The SMILES string of the molecule is CNCc1ccc(N2CCOC(C)C2)c(Cl)c1. The Balaban J connectivity index is 2.15. The normalized spacial score (nSPS) is 20.6. The lowest BCUT2D eigenvalue weighted by molar-refractivity contribution is 0.0532. The van der Waals surface area contributed by atoms with E-state index in [1.54, 1.807) is 0 Å². The third kappa shape index (κ3) is 3.12. The quantitative estimate of drug-likeness (QED) is 0.896. The number of nitrogens with zero attached hydrogens (tertiary/aromatic N) is 1. The molecular weight excluding hydrogens is 236 g/mol. The zero-order valence-electron chi connectivity index (χ0n) is 10.4. The van der Waals surface area contributed by atoms with E-state index in [0.29, 0.717) is 0 Å². The van der Waals surface area contributed by atoms with E-state index in [4.69, 9.17) is 16.3 Å². The molecule has 1 aromatic rings. The van der Waals surface area contributed by atoms with Crippen molar-refractivity contribution in [2.75, 3.05) is 31.6 Å². The Labute approximate surface area is 108 Å². The third-order valence-electron chi connectivity index (χ3n) is 2.97. The summed E-state index contributed by atoms with van der Waals surface area (Å²) >= 11 is 6.34. The maximum Gasteiger partial charge on any atom is 0.0722 e. The molecule has 4 heteroatoms. The fraction of sp³-hybridized carbons (Fsp3) is 0.538. The smallest absolute Gasteiger partial charge is 0.0722 e. The molecule has 94 valence electrons. The van der Waals surface area contributed by atoms with Crippen LogP contribution >= 0.6 is 11.6 Å². The highest BCUT2D eigenvalue weighted by Gasteiger charge is 2.18. The minimum absolute atomic E-state index is 0.275. The van der Waals surface area contributed by atoms with Gasteiger partial charge in [0, 0.05) is 19.6 Å². The molecule has 1 heterocycles. The zero-order chi connectivity index (χ0) is 12.3. The molecule has 1 saturated heterocycles. The molecule has 1 aliphatic rings. The van der Waals surface area contributed by atoms with E-state index < -0.39 is 0 Å². The van der Waals surface area contributed by atoms with Crippen molar-refractivity contribution < 1.29 is 4.74 Å². The largest absolute Gasteiger partial charge is 0.375 e. The van der Waals surface area contributed by atoms with Crippen LogP contribution in [-0.2, 0) is 11.3 Å². The van der Waals surface area contributed by atoms with Gasteiger partial charge in [-0.05, 0) is 31.7 Å². The van der Waals surface area contributed by atoms with Crippen LogP contribution in [0.2, 0.25) is 5.02 Å². The Morgan fingerprint density at radius 1 is 1.53 bits per heavy atom. The Morgan fingerprint density at radius 2 is 2.35 bits per heavy atom. The van der Waals surface area contributed by atoms with Gasteiger partial charge >= 0.3 is 0 Å². The minimum Gasteiger partial charge on any atom is -0.375 e. The molecule has 0 saturated carbocycles. The van der Waals surface area contributed by atoms with Gasteiger partial charge in [0.15, 0.2) is 0 Å². The van der Waals surface area contributed by atoms with Crippen molar-refractivity contribution in [1.29, 1.82) is 0 Å². The van der Waals surface area contributed by atoms with E-state index in [1.165, 1.54) is 5.56 Å². The average Bonchev–Trinajstić information content (AvgIpc) is 2.29. The molecule has 3 nitrogen and oxygen atoms in total. The van der Waals surface area contributed by atoms with Crippen LogP contribution in [0, 0.1) is 0 Å². The number of morpholine rings is 1. The molecule has 0 spiro atoms. The summed E-state index contributed by atoms with van der Waals surface area (Å²) in [5, 5.41) is 3.95. The molecule has 1 fully saturated rings. The van der Waals surface area contributed by atoms with E-state index >= 15 is 0 Å². The van der Waals surface area contributed by atoms with E-state index in [9.17, 15) is 0 Å². The standard InChI is InChI=1S/C13H19ClN2O/c1-10-9-16(5-6-17-10)13-4-3-11(8-15-2)7-12(13)14/h3-4,7,10,15H,5-6,8-9H2,1-2H3. The summed E-state index contributed by atoms with van der Waals surface area (Å²) in [6, 6.07) is 6.26. The molecule has 0 aromatic heterocycles. The Kier molecular flexibility index (Phi) is 4.26. The molecular formula is C13H19ClN2O. The summed E-state index contributed by atoms with van der Waals surface area (Å²) in [5.41, 5.74) is 2.32. The van der Waals surface area contributed by atoms with Gasteiger partial charge in [0.2, 0.25) is 0 Å². The minimum atomic E-state index is 0.275. The average molecular weight is 255 g/mol. The van der Waals surface area contributed by atoms with Crippen molar-refractivity contribution in [1.82, 2.24) is 5.32 Å². The summed E-state index contributed by atoms with van der Waals surface area (Å²) in [4.78, 5) is 2.29. The zero-order valence-corrected chi connectivity index (χ0v) is 11.1. The highest BCUT2D eigenvalue weighted by molar-refractivity contribution is 6.33. The molecule has 2 rings (SSSR count). The fourth-order valence-electron chi connectivity index (χ4n) is 2.16. The van der Waals surface area contributed by atoms with Gasteiger partial charge in [0.1, 0.15) is 0 Å². The Hall–Kier alpha value is -0.770. The van der Waals surface area contributed by atoms with Crippen LogP contribution in [0.1, 0.15) is 12.5 Å². The summed E-state index contributed by atoms with van der Waals surface area (Å²) in [6.07, 6.45) is 0.275. The summed E-state index contributed by atoms with van der Waals surface area (Å²) in [5.74, 6) is 0. The van der Waals surface area contributed by atoms with Crippen molar-refractivity contribution in [3.63, 3.8) is 0 Å². The van der Waals surface area contributed by atoms with Gasteiger partial charge in [0.25, 0.3) is 0 Å². The van der Waals surface area contributed by atoms with Gasteiger partial charge in [0.05, 0.1) is 23.4 Å². The number of hydrogen-bond donors (Lipinski definition) is 1. The van der Waals surface area contributed by atoms with E-state index in [2.05, 4.69) is 29.3 Å². The molecule has 0 bridgehead atoms. The molecule has 1 aromatic carbocycles. The van der Waals surface area contributed by atoms with Crippen LogP contribution in [0.15, 0.2) is 18.2 Å². The van der Waals surface area contributed by atoms with Crippen molar-refractivity contribution in [3.8, 4) is 0 Å². The predicted molar refractivity (Wildman–Crippen MR) is 71.8 cm³/mol. The van der Waals surface area contributed by atoms with Crippen LogP contribution in [0.4, 0.5) is 5.69 Å². The first-order valence-corrected chi connectivity index (χ1v) is 6.38. The molecule has 0 amide bonds. The van der Waals surface area contributed by atoms with Crippen LogP contribution in [0.5, 0.6) is 0 Å². The second kappa shape index (κ2) is 5.71. The molecule has 17 heavy (non-hydrogen) atoms. The Morgan fingerprint density at radius 3 is 3.00 bits per heavy atom. The van der Waals surface area contributed by atoms with Crippen LogP contribution in [0.3, 0.4) is 0 Å². The highest BCUT2D eigenvalue weighted by atomic mass is 35.5. The van der Waals surface area contributed by atoms with Gasteiger partial charge in [-0.15, -0.1) is 0 Å². The maximum atomic E-state index is 6.34. The number of anilines is 1. The lowest BCUT2D eigenvalue weighted by atomic mass is 10.1. The first kappa shape index (κ1) is 12.7. The van der Waals surface area contributed by atoms with Gasteiger partial charge in [-0.2, -0.15) is 0 Å². The molecule has 1 atom stereocenters. The van der Waals surface area contributed by atoms with E-state index in [1.807, 2.05) is 13.1 Å². The van der Waals surface area contributed by atoms with Gasteiger partial charge < -0.3 is 15.0 Å². The van der Waals surface area contributed by atoms with Crippen molar-refractivity contribution in [2.45, 2.75) is 19.6 Å².